The number of likely N-dealkylation sites (tertiary alicyclic amines) is 1. The second kappa shape index (κ2) is 10.2. The number of quaternary nitrogens is 1. The molecule has 0 aromatic heterocycles. The van der Waals surface area contributed by atoms with Crippen LogP contribution in [0.25, 0.3) is 0 Å². The van der Waals surface area contributed by atoms with Crippen molar-refractivity contribution in [2.24, 2.45) is 0 Å². The van der Waals surface area contributed by atoms with Crippen LogP contribution in [0.1, 0.15) is 62.6 Å². The van der Waals surface area contributed by atoms with Gasteiger partial charge in [0, 0.05) is 45.6 Å². The Balaban J connectivity index is 0.00000288. The number of rotatable bonds is 7. The number of ketones is 1. The van der Waals surface area contributed by atoms with Crippen molar-refractivity contribution in [3.63, 3.8) is 0 Å². The second-order valence-electron chi connectivity index (χ2n) is 7.36. The van der Waals surface area contributed by atoms with E-state index in [1.54, 1.807) is 0 Å². The maximum absolute atomic E-state index is 13.3. The predicted molar refractivity (Wildman–Crippen MR) is 97.7 cm³/mol. The largest absolute Gasteiger partial charge is 0.315 e. The van der Waals surface area contributed by atoms with E-state index in [1.807, 2.05) is 0 Å². The summed E-state index contributed by atoms with van der Waals surface area (Å²) in [5.74, 6) is 0.466. The van der Waals surface area contributed by atoms with Gasteiger partial charge in [-0.3, -0.25) is 4.79 Å². The molecule has 131 valence electrons. The van der Waals surface area contributed by atoms with E-state index in [2.05, 4.69) is 45.9 Å². The van der Waals surface area contributed by atoms with Crippen molar-refractivity contribution >= 4 is 5.78 Å². The van der Waals surface area contributed by atoms with E-state index in [0.717, 1.165) is 23.9 Å². The first-order chi connectivity index (χ1) is 11.0. The van der Waals surface area contributed by atoms with Crippen molar-refractivity contribution in [3.05, 3.63) is 34.9 Å². The number of nitrogens with zero attached hydrogens (tertiary/aromatic N) is 1. The third kappa shape index (κ3) is 4.99. The van der Waals surface area contributed by atoms with Gasteiger partial charge in [-0.25, -0.2) is 0 Å². The van der Waals surface area contributed by atoms with Crippen LogP contribution in [-0.2, 0) is 43.9 Å². The van der Waals surface area contributed by atoms with Gasteiger partial charge in [0.05, 0.1) is 19.6 Å². The topological polar surface area (TPSA) is 17.1 Å². The summed E-state index contributed by atoms with van der Waals surface area (Å²) in [6, 6.07) is 6.56. The third-order valence-electron chi connectivity index (χ3n) is 5.93. The first kappa shape index (κ1) is 22.0. The minimum absolute atomic E-state index is 0. The fourth-order valence-corrected chi connectivity index (χ4v) is 4.42. The average Bonchev–Trinajstić information content (AvgIpc) is 2.56. The number of hydrogen-bond donors (Lipinski definition) is 0. The number of hydrogen-bond acceptors (Lipinski definition) is 1. The van der Waals surface area contributed by atoms with Crippen LogP contribution in [0.2, 0.25) is 0 Å². The van der Waals surface area contributed by atoms with Gasteiger partial charge in [0.25, 0.3) is 0 Å². The van der Waals surface area contributed by atoms with Crippen LogP contribution in [0.5, 0.6) is 0 Å². The summed E-state index contributed by atoms with van der Waals surface area (Å²) < 4.78 is 1.04. The zero-order chi connectivity index (χ0) is 16.9. The second-order valence-corrected chi connectivity index (χ2v) is 7.36. The van der Waals surface area contributed by atoms with E-state index in [-0.39, 0.29) is 38.8 Å². The standard InChI is InChI=1S/C21H34NO.Y/c1-5-11-20(22(6-2)14-8-7-9-15-22)21(23)16-19-17(3)12-10-13-18(19)4;/h10,12-13,20H,5-9,11,14-16H2,1-4H3;/q+1;/t20-;/m1./s1. The molecule has 1 aromatic carbocycles. The van der Waals surface area contributed by atoms with Crippen LogP contribution in [-0.4, -0.2) is 35.9 Å². The minimum atomic E-state index is 0. The molecule has 1 aliphatic rings. The molecule has 0 amide bonds. The maximum atomic E-state index is 13.3. The number of piperidine rings is 1. The number of aryl methyl sites for hydroxylation is 2. The molecule has 2 rings (SSSR count). The van der Waals surface area contributed by atoms with Gasteiger partial charge >= 0.3 is 0 Å². The summed E-state index contributed by atoms with van der Waals surface area (Å²) in [6.45, 7) is 12.3. The van der Waals surface area contributed by atoms with Gasteiger partial charge in [0.1, 0.15) is 6.04 Å². The summed E-state index contributed by atoms with van der Waals surface area (Å²) >= 11 is 0. The summed E-state index contributed by atoms with van der Waals surface area (Å²) in [6.07, 6.45) is 6.66. The van der Waals surface area contributed by atoms with Crippen LogP contribution < -0.4 is 0 Å². The van der Waals surface area contributed by atoms with Crippen molar-refractivity contribution in [1.82, 2.24) is 0 Å². The number of likely N-dealkylation sites (N-methyl/N-ethyl adjacent to an activating group) is 1. The molecule has 0 spiro atoms. The molecule has 0 aliphatic carbocycles. The Labute approximate surface area is 173 Å². The van der Waals surface area contributed by atoms with Gasteiger partial charge in [0.2, 0.25) is 0 Å². The van der Waals surface area contributed by atoms with Crippen LogP contribution in [0.15, 0.2) is 18.2 Å². The van der Waals surface area contributed by atoms with E-state index in [0.29, 0.717) is 12.2 Å². The molecule has 1 fully saturated rings. The average molecular weight is 405 g/mol. The first-order valence-corrected chi connectivity index (χ1v) is 9.47. The fraction of sp³-hybridized carbons (Fsp3) is 0.667. The molecule has 1 aromatic rings. The van der Waals surface area contributed by atoms with Gasteiger partial charge in [-0.05, 0) is 56.7 Å². The van der Waals surface area contributed by atoms with Crippen LogP contribution in [0.4, 0.5) is 0 Å². The Morgan fingerprint density at radius 2 is 1.67 bits per heavy atom. The SMILES string of the molecule is CCC[C@H](C(=O)Cc1c(C)cccc1C)[N+]1(CC)CCCCC1.[Y]. The van der Waals surface area contributed by atoms with E-state index in [4.69, 9.17) is 0 Å². The van der Waals surface area contributed by atoms with Crippen molar-refractivity contribution in [1.29, 1.82) is 0 Å². The predicted octanol–water partition coefficient (Wildman–Crippen LogP) is 4.60. The molecule has 1 saturated heterocycles. The van der Waals surface area contributed by atoms with Crippen molar-refractivity contribution in [2.75, 3.05) is 19.6 Å². The van der Waals surface area contributed by atoms with Gasteiger partial charge < -0.3 is 4.48 Å². The van der Waals surface area contributed by atoms with E-state index in [9.17, 15) is 4.79 Å². The Kier molecular flexibility index (Phi) is 9.34. The summed E-state index contributed by atoms with van der Waals surface area (Å²) in [5, 5.41) is 0. The summed E-state index contributed by atoms with van der Waals surface area (Å²) in [7, 11) is 0. The quantitative estimate of drug-likeness (QED) is 0.606. The van der Waals surface area contributed by atoms with E-state index < -0.39 is 0 Å². The zero-order valence-electron chi connectivity index (χ0n) is 16.1. The Bertz CT molecular complexity index is 514. The number of carbonyl (C=O) groups excluding carboxylic acids is 1. The smallest absolute Gasteiger partial charge is 0.194 e. The van der Waals surface area contributed by atoms with Crippen LogP contribution in [0.3, 0.4) is 0 Å². The van der Waals surface area contributed by atoms with Crippen LogP contribution in [0, 0.1) is 13.8 Å². The zero-order valence-corrected chi connectivity index (χ0v) is 18.9. The molecule has 1 heterocycles. The van der Waals surface area contributed by atoms with Gasteiger partial charge in [0.15, 0.2) is 5.78 Å². The maximum Gasteiger partial charge on any atom is 0.194 e. The van der Waals surface area contributed by atoms with Gasteiger partial charge in [-0.2, -0.15) is 0 Å². The molecule has 0 N–H and O–H groups in total. The molecule has 1 radical (unpaired) electrons. The summed E-state index contributed by atoms with van der Waals surface area (Å²) in [4.78, 5) is 13.3. The molecule has 2 nitrogen and oxygen atoms in total. The molecule has 0 saturated carbocycles. The molecule has 0 bridgehead atoms. The van der Waals surface area contributed by atoms with Crippen molar-refractivity contribution in [2.45, 2.75) is 72.3 Å². The Morgan fingerprint density at radius 1 is 1.08 bits per heavy atom. The minimum Gasteiger partial charge on any atom is -0.315 e. The molecule has 24 heavy (non-hydrogen) atoms. The molecule has 3 heteroatoms. The Morgan fingerprint density at radius 3 is 2.17 bits per heavy atom. The molecule has 1 aliphatic heterocycles. The van der Waals surface area contributed by atoms with Gasteiger partial charge in [-0.1, -0.05) is 31.5 Å². The summed E-state index contributed by atoms with van der Waals surface area (Å²) in [5.41, 5.74) is 3.77. The monoisotopic (exact) mass is 405 g/mol. The van der Waals surface area contributed by atoms with Crippen molar-refractivity contribution < 1.29 is 42.0 Å². The van der Waals surface area contributed by atoms with Gasteiger partial charge in [-0.15, -0.1) is 0 Å². The number of benzene rings is 1. The van der Waals surface area contributed by atoms with Crippen LogP contribution >= 0.6 is 0 Å². The molecular formula is C21H34NOY+. The Hall–Kier alpha value is -0.0461. The number of carbonyl (C=O) groups is 1. The molecular weight excluding hydrogens is 371 g/mol. The first-order valence-electron chi connectivity index (χ1n) is 9.47. The fourth-order valence-electron chi connectivity index (χ4n) is 4.42. The van der Waals surface area contributed by atoms with E-state index in [1.165, 1.54) is 49.0 Å². The third-order valence-corrected chi connectivity index (χ3v) is 5.93. The molecule has 1 atom stereocenters. The molecule has 0 unspecified atom stereocenters. The number of Topliss-reactive ketones (excluding diaryl/α,β-unsaturated/α-hetero) is 1. The van der Waals surface area contributed by atoms with E-state index >= 15 is 0 Å². The van der Waals surface area contributed by atoms with Crippen molar-refractivity contribution in [3.8, 4) is 0 Å². The normalized spacial score (nSPS) is 17.8.